The summed E-state index contributed by atoms with van der Waals surface area (Å²) in [5, 5.41) is 8.14. The molecule has 2 aromatic rings. The first kappa shape index (κ1) is 8.79. The highest BCUT2D eigenvalue weighted by Crippen LogP contribution is 2.15. The van der Waals surface area contributed by atoms with Crippen LogP contribution in [-0.4, -0.2) is 32.7 Å². The second-order valence-corrected chi connectivity index (χ2v) is 3.75. The molecule has 0 amide bonds. The lowest BCUT2D eigenvalue weighted by molar-refractivity contribution is 0.0944. The van der Waals surface area contributed by atoms with Crippen LogP contribution in [0.15, 0.2) is 18.3 Å². The minimum atomic E-state index is 0.275. The van der Waals surface area contributed by atoms with Crippen LogP contribution in [0.1, 0.15) is 12.8 Å². The van der Waals surface area contributed by atoms with E-state index in [0.717, 1.165) is 37.2 Å². The zero-order valence-corrected chi connectivity index (χ0v) is 8.33. The second kappa shape index (κ2) is 3.58. The van der Waals surface area contributed by atoms with Gasteiger partial charge in [-0.1, -0.05) is 5.21 Å². The van der Waals surface area contributed by atoms with Gasteiger partial charge >= 0.3 is 0 Å². The summed E-state index contributed by atoms with van der Waals surface area (Å²) < 4.78 is 7.38. The Bertz CT molecular complexity index is 461. The quantitative estimate of drug-likeness (QED) is 0.732. The van der Waals surface area contributed by atoms with E-state index in [9.17, 15) is 0 Å². The van der Waals surface area contributed by atoms with Gasteiger partial charge in [0.1, 0.15) is 5.52 Å². The lowest BCUT2D eigenvalue weighted by Crippen LogP contribution is -2.16. The molecule has 1 unspecified atom stereocenters. The molecule has 1 saturated heterocycles. The Morgan fingerprint density at radius 1 is 1.53 bits per heavy atom. The fraction of sp³-hybridized carbons (Fsp3) is 0.500. The molecule has 0 radical (unpaired) electrons. The summed E-state index contributed by atoms with van der Waals surface area (Å²) in [4.78, 5) is 4.27. The van der Waals surface area contributed by atoms with Crippen LogP contribution in [0.4, 0.5) is 0 Å². The molecule has 0 N–H and O–H groups in total. The molecule has 0 aromatic carbocycles. The van der Waals surface area contributed by atoms with E-state index in [-0.39, 0.29) is 6.10 Å². The van der Waals surface area contributed by atoms with E-state index in [1.54, 1.807) is 6.20 Å². The van der Waals surface area contributed by atoms with E-state index in [2.05, 4.69) is 15.3 Å². The van der Waals surface area contributed by atoms with Crippen LogP contribution >= 0.6 is 0 Å². The normalized spacial score (nSPS) is 21.2. The summed E-state index contributed by atoms with van der Waals surface area (Å²) in [6.07, 6.45) is 4.29. The van der Waals surface area contributed by atoms with Gasteiger partial charge in [-0.05, 0) is 25.0 Å². The van der Waals surface area contributed by atoms with Crippen LogP contribution in [0, 0.1) is 0 Å². The van der Waals surface area contributed by atoms with Gasteiger partial charge in [0.05, 0.1) is 12.6 Å². The average molecular weight is 204 g/mol. The molecule has 0 saturated carbocycles. The predicted molar refractivity (Wildman–Crippen MR) is 54.3 cm³/mol. The molecule has 1 fully saturated rings. The number of hydrogen-bond acceptors (Lipinski definition) is 4. The first-order valence-corrected chi connectivity index (χ1v) is 5.19. The number of ether oxygens (including phenoxy) is 1. The van der Waals surface area contributed by atoms with Gasteiger partial charge in [0.15, 0.2) is 5.65 Å². The van der Waals surface area contributed by atoms with Crippen LogP contribution in [0.2, 0.25) is 0 Å². The number of pyridine rings is 1. The minimum absolute atomic E-state index is 0.275. The molecule has 3 heterocycles. The molecule has 0 bridgehead atoms. The van der Waals surface area contributed by atoms with Gasteiger partial charge in [-0.2, -0.15) is 0 Å². The summed E-state index contributed by atoms with van der Waals surface area (Å²) in [5.74, 6) is 0. The van der Waals surface area contributed by atoms with Crippen molar-refractivity contribution in [1.29, 1.82) is 0 Å². The minimum Gasteiger partial charge on any atom is -0.376 e. The van der Waals surface area contributed by atoms with Crippen molar-refractivity contribution < 1.29 is 4.74 Å². The average Bonchev–Trinajstić information content (AvgIpc) is 2.89. The molecule has 2 aromatic heterocycles. The molecule has 1 atom stereocenters. The Hall–Kier alpha value is -1.49. The van der Waals surface area contributed by atoms with Gasteiger partial charge in [0.2, 0.25) is 0 Å². The lowest BCUT2D eigenvalue weighted by Gasteiger charge is -2.08. The number of fused-ring (bicyclic) bond motifs is 1. The molecular formula is C10H12N4O. The maximum absolute atomic E-state index is 5.56. The van der Waals surface area contributed by atoms with Gasteiger partial charge in [-0.15, -0.1) is 5.10 Å². The van der Waals surface area contributed by atoms with Crippen molar-refractivity contribution in [2.45, 2.75) is 25.5 Å². The summed E-state index contributed by atoms with van der Waals surface area (Å²) in [7, 11) is 0. The Balaban J connectivity index is 1.90. The molecule has 5 heteroatoms. The van der Waals surface area contributed by atoms with Crippen molar-refractivity contribution in [3.63, 3.8) is 0 Å². The van der Waals surface area contributed by atoms with Gasteiger partial charge in [-0.25, -0.2) is 9.67 Å². The Morgan fingerprint density at radius 3 is 3.40 bits per heavy atom. The van der Waals surface area contributed by atoms with Crippen molar-refractivity contribution in [2.75, 3.05) is 6.61 Å². The summed E-state index contributed by atoms with van der Waals surface area (Å²) in [6.45, 7) is 1.62. The Morgan fingerprint density at radius 2 is 2.53 bits per heavy atom. The molecule has 15 heavy (non-hydrogen) atoms. The molecular weight excluding hydrogens is 192 g/mol. The van der Waals surface area contributed by atoms with Crippen molar-refractivity contribution in [3.8, 4) is 0 Å². The molecule has 1 aliphatic heterocycles. The van der Waals surface area contributed by atoms with Gasteiger partial charge < -0.3 is 4.74 Å². The largest absolute Gasteiger partial charge is 0.376 e. The van der Waals surface area contributed by atoms with Crippen molar-refractivity contribution in [2.24, 2.45) is 0 Å². The van der Waals surface area contributed by atoms with E-state index >= 15 is 0 Å². The van der Waals surface area contributed by atoms with Crippen LogP contribution in [-0.2, 0) is 11.3 Å². The molecule has 5 nitrogen and oxygen atoms in total. The lowest BCUT2D eigenvalue weighted by atomic mass is 10.2. The van der Waals surface area contributed by atoms with E-state index in [1.807, 2.05) is 16.8 Å². The zero-order chi connectivity index (χ0) is 10.1. The number of hydrogen-bond donors (Lipinski definition) is 0. The third-order valence-corrected chi connectivity index (χ3v) is 2.67. The maximum Gasteiger partial charge on any atom is 0.178 e. The topological polar surface area (TPSA) is 52.8 Å². The van der Waals surface area contributed by atoms with E-state index in [0.29, 0.717) is 0 Å². The van der Waals surface area contributed by atoms with Crippen molar-refractivity contribution >= 4 is 11.2 Å². The highest BCUT2D eigenvalue weighted by molar-refractivity contribution is 5.68. The fourth-order valence-electron chi connectivity index (χ4n) is 1.91. The summed E-state index contributed by atoms with van der Waals surface area (Å²) >= 11 is 0. The summed E-state index contributed by atoms with van der Waals surface area (Å²) in [5.41, 5.74) is 1.68. The van der Waals surface area contributed by atoms with Crippen molar-refractivity contribution in [3.05, 3.63) is 18.3 Å². The molecule has 1 aliphatic rings. The molecule has 0 aliphatic carbocycles. The molecule has 3 rings (SSSR count). The zero-order valence-electron chi connectivity index (χ0n) is 8.33. The predicted octanol–water partition coefficient (Wildman–Crippen LogP) is 1.01. The molecule has 0 spiro atoms. The fourth-order valence-corrected chi connectivity index (χ4v) is 1.91. The second-order valence-electron chi connectivity index (χ2n) is 3.75. The van der Waals surface area contributed by atoms with Crippen LogP contribution < -0.4 is 0 Å². The summed E-state index contributed by atoms with van der Waals surface area (Å²) in [6, 6.07) is 3.79. The highest BCUT2D eigenvalue weighted by atomic mass is 16.5. The van der Waals surface area contributed by atoms with Crippen LogP contribution in [0.5, 0.6) is 0 Å². The van der Waals surface area contributed by atoms with E-state index in [4.69, 9.17) is 4.74 Å². The van der Waals surface area contributed by atoms with E-state index in [1.165, 1.54) is 0 Å². The first-order chi connectivity index (χ1) is 7.43. The Kier molecular flexibility index (Phi) is 2.10. The maximum atomic E-state index is 5.56. The number of nitrogens with zero attached hydrogens (tertiary/aromatic N) is 4. The number of rotatable bonds is 2. The number of aromatic nitrogens is 4. The van der Waals surface area contributed by atoms with Gasteiger partial charge in [0.25, 0.3) is 0 Å². The van der Waals surface area contributed by atoms with Crippen molar-refractivity contribution in [1.82, 2.24) is 20.0 Å². The Labute approximate surface area is 87.1 Å². The van der Waals surface area contributed by atoms with E-state index < -0.39 is 0 Å². The smallest absolute Gasteiger partial charge is 0.178 e. The third kappa shape index (κ3) is 1.59. The third-order valence-electron chi connectivity index (χ3n) is 2.67. The standard InChI is InChI=1S/C10H12N4O/c1-4-9-10(11-5-1)14(13-12-9)7-8-3-2-6-15-8/h1,4-5,8H,2-3,6-7H2. The van der Waals surface area contributed by atoms with Crippen LogP contribution in [0.3, 0.4) is 0 Å². The monoisotopic (exact) mass is 204 g/mol. The first-order valence-electron chi connectivity index (χ1n) is 5.19. The van der Waals surface area contributed by atoms with Gasteiger partial charge in [-0.3, -0.25) is 0 Å². The molecule has 78 valence electrons. The SMILES string of the molecule is c1cnc2c(c1)nnn2CC1CCCO1. The van der Waals surface area contributed by atoms with Crippen LogP contribution in [0.25, 0.3) is 11.2 Å². The van der Waals surface area contributed by atoms with Gasteiger partial charge in [0, 0.05) is 12.8 Å². The highest BCUT2D eigenvalue weighted by Gasteiger charge is 2.17.